The van der Waals surface area contributed by atoms with Crippen molar-refractivity contribution in [2.45, 2.75) is 0 Å². The molecule has 0 spiro atoms. The minimum Gasteiger partial charge on any atom is -0.456 e. The Balaban J connectivity index is 1.16. The number of furan rings is 3. The van der Waals surface area contributed by atoms with E-state index in [2.05, 4.69) is 143 Å². The monoisotopic (exact) mass is 678 g/mol. The van der Waals surface area contributed by atoms with Gasteiger partial charge in [-0.05, 0) is 72.8 Å². The molecule has 0 atom stereocenters. The van der Waals surface area contributed by atoms with Gasteiger partial charge < -0.3 is 22.4 Å². The highest BCUT2D eigenvalue weighted by molar-refractivity contribution is 6.26. The maximum Gasteiger partial charge on any atom is 0.160 e. The van der Waals surface area contributed by atoms with Gasteiger partial charge in [-0.1, -0.05) is 84.9 Å². The lowest BCUT2D eigenvalue weighted by molar-refractivity contribution is 0.668. The van der Waals surface area contributed by atoms with Crippen molar-refractivity contribution in [3.05, 3.63) is 158 Å². The zero-order valence-electron chi connectivity index (χ0n) is 28.1. The van der Waals surface area contributed by atoms with E-state index in [-0.39, 0.29) is 0 Å². The summed E-state index contributed by atoms with van der Waals surface area (Å²) < 4.78 is 24.5. The number of hydrogen-bond donors (Lipinski definition) is 0. The number of rotatable bonds is 2. The number of aromatic nitrogens is 2. The van der Waals surface area contributed by atoms with Crippen LogP contribution in [0.4, 0.5) is 0 Å². The molecule has 246 valence electrons. The largest absolute Gasteiger partial charge is 0.456 e. The molecule has 5 aromatic heterocycles. The van der Waals surface area contributed by atoms with Gasteiger partial charge in [-0.15, -0.1) is 0 Å². The Morgan fingerprint density at radius 1 is 0.283 bits per heavy atom. The molecule has 5 heterocycles. The number of para-hydroxylation sites is 4. The fraction of sp³-hybridized carbons (Fsp3) is 0. The molecule has 0 bridgehead atoms. The molecule has 0 aliphatic carbocycles. The fourth-order valence-corrected chi connectivity index (χ4v) is 9.03. The Morgan fingerprint density at radius 2 is 0.679 bits per heavy atom. The standard InChI is InChI=1S/C48H26N2O3/c1-5-13-39-29(9-1)33-19-21-35-36-22-20-34-30-10-2-6-14-40(30)50(28-18-24-44-38(26-28)32-12-4-8-16-42(32)52-44)46(34)48(36)53-47(35)45(33)49(39)27-17-23-43-37(25-27)31-11-3-7-15-41(31)51-43/h1-26H. The highest BCUT2D eigenvalue weighted by Gasteiger charge is 2.23. The smallest absolute Gasteiger partial charge is 0.160 e. The molecule has 0 radical (unpaired) electrons. The molecule has 13 aromatic rings. The van der Waals surface area contributed by atoms with E-state index < -0.39 is 0 Å². The van der Waals surface area contributed by atoms with E-state index in [4.69, 9.17) is 13.3 Å². The third-order valence-corrected chi connectivity index (χ3v) is 11.3. The quantitative estimate of drug-likeness (QED) is 0.183. The zero-order chi connectivity index (χ0) is 34.4. The van der Waals surface area contributed by atoms with Gasteiger partial charge in [0.2, 0.25) is 0 Å². The first-order valence-corrected chi connectivity index (χ1v) is 17.9. The molecule has 5 nitrogen and oxygen atoms in total. The second-order valence-electron chi connectivity index (χ2n) is 14.0. The number of fused-ring (bicyclic) bond motifs is 17. The summed E-state index contributed by atoms with van der Waals surface area (Å²) in [6.07, 6.45) is 0. The van der Waals surface area contributed by atoms with Crippen LogP contribution < -0.4 is 0 Å². The van der Waals surface area contributed by atoms with E-state index in [1.165, 1.54) is 10.8 Å². The van der Waals surface area contributed by atoms with Gasteiger partial charge >= 0.3 is 0 Å². The predicted molar refractivity (Wildman–Crippen MR) is 217 cm³/mol. The van der Waals surface area contributed by atoms with Gasteiger partial charge in [0, 0.05) is 65.2 Å². The van der Waals surface area contributed by atoms with E-state index in [9.17, 15) is 0 Å². The van der Waals surface area contributed by atoms with Crippen LogP contribution >= 0.6 is 0 Å². The van der Waals surface area contributed by atoms with Crippen LogP contribution in [0.5, 0.6) is 0 Å². The van der Waals surface area contributed by atoms with E-state index in [1.54, 1.807) is 0 Å². The third-order valence-electron chi connectivity index (χ3n) is 11.3. The predicted octanol–water partition coefficient (Wildman–Crippen LogP) is 13.6. The lowest BCUT2D eigenvalue weighted by Crippen LogP contribution is -1.94. The maximum absolute atomic E-state index is 7.27. The normalized spacial score (nSPS) is 12.5. The van der Waals surface area contributed by atoms with Gasteiger partial charge in [0.15, 0.2) is 11.2 Å². The van der Waals surface area contributed by atoms with Gasteiger partial charge in [-0.2, -0.15) is 0 Å². The van der Waals surface area contributed by atoms with Crippen LogP contribution in [-0.2, 0) is 0 Å². The van der Waals surface area contributed by atoms with Gasteiger partial charge in [-0.3, -0.25) is 0 Å². The third kappa shape index (κ3) is 3.51. The summed E-state index contributed by atoms with van der Waals surface area (Å²) in [5.41, 5.74) is 11.7. The Morgan fingerprint density at radius 3 is 1.17 bits per heavy atom. The van der Waals surface area contributed by atoms with Crippen LogP contribution in [0, 0.1) is 0 Å². The highest BCUT2D eigenvalue weighted by atomic mass is 16.3. The molecule has 0 aliphatic heterocycles. The maximum atomic E-state index is 7.27. The summed E-state index contributed by atoms with van der Waals surface area (Å²) in [5.74, 6) is 0. The fourth-order valence-electron chi connectivity index (χ4n) is 9.03. The first kappa shape index (κ1) is 27.5. The summed E-state index contributed by atoms with van der Waals surface area (Å²) in [7, 11) is 0. The molecular formula is C48H26N2O3. The molecule has 0 aliphatic rings. The van der Waals surface area contributed by atoms with Crippen molar-refractivity contribution in [2.24, 2.45) is 0 Å². The van der Waals surface area contributed by atoms with Crippen LogP contribution in [0.25, 0.3) is 121 Å². The number of nitrogens with zero attached hydrogens (tertiary/aromatic N) is 2. The summed E-state index contributed by atoms with van der Waals surface area (Å²) in [4.78, 5) is 0. The minimum absolute atomic E-state index is 0.867. The van der Waals surface area contributed by atoms with Crippen LogP contribution in [0.2, 0.25) is 0 Å². The Bertz CT molecular complexity index is 3450. The lowest BCUT2D eigenvalue weighted by Gasteiger charge is -2.09. The molecule has 0 unspecified atom stereocenters. The minimum atomic E-state index is 0.867. The van der Waals surface area contributed by atoms with Crippen molar-refractivity contribution in [1.29, 1.82) is 0 Å². The van der Waals surface area contributed by atoms with Crippen LogP contribution in [-0.4, -0.2) is 9.13 Å². The van der Waals surface area contributed by atoms with Crippen molar-refractivity contribution in [2.75, 3.05) is 0 Å². The molecule has 0 saturated heterocycles. The van der Waals surface area contributed by atoms with E-state index in [0.717, 1.165) is 110 Å². The molecule has 0 N–H and O–H groups in total. The van der Waals surface area contributed by atoms with Crippen molar-refractivity contribution in [1.82, 2.24) is 9.13 Å². The van der Waals surface area contributed by atoms with Crippen molar-refractivity contribution >= 4 is 109 Å². The summed E-state index contributed by atoms with van der Waals surface area (Å²) >= 11 is 0. The van der Waals surface area contributed by atoms with Crippen LogP contribution in [0.15, 0.2) is 171 Å². The Hall–Kier alpha value is -7.24. The van der Waals surface area contributed by atoms with Crippen molar-refractivity contribution in [3.8, 4) is 11.4 Å². The molecule has 0 saturated carbocycles. The van der Waals surface area contributed by atoms with E-state index >= 15 is 0 Å². The van der Waals surface area contributed by atoms with Gasteiger partial charge in [0.25, 0.3) is 0 Å². The van der Waals surface area contributed by atoms with Crippen LogP contribution in [0.1, 0.15) is 0 Å². The molecular weight excluding hydrogens is 653 g/mol. The summed E-state index contributed by atoms with van der Waals surface area (Å²) in [6, 6.07) is 55.7. The second-order valence-corrected chi connectivity index (χ2v) is 14.0. The first-order chi connectivity index (χ1) is 26.3. The second kappa shape index (κ2) is 9.75. The highest BCUT2D eigenvalue weighted by Crippen LogP contribution is 2.45. The molecule has 0 fully saturated rings. The molecule has 5 heteroatoms. The molecule has 13 rings (SSSR count). The van der Waals surface area contributed by atoms with Crippen molar-refractivity contribution < 1.29 is 13.3 Å². The summed E-state index contributed by atoms with van der Waals surface area (Å²) in [6.45, 7) is 0. The molecule has 8 aromatic carbocycles. The lowest BCUT2D eigenvalue weighted by atomic mass is 10.1. The van der Waals surface area contributed by atoms with Gasteiger partial charge in [-0.25, -0.2) is 0 Å². The van der Waals surface area contributed by atoms with E-state index in [0.29, 0.717) is 0 Å². The molecule has 0 amide bonds. The average molecular weight is 679 g/mol. The van der Waals surface area contributed by atoms with Gasteiger partial charge in [0.1, 0.15) is 22.3 Å². The molecule has 53 heavy (non-hydrogen) atoms. The Labute approximate surface area is 300 Å². The topological polar surface area (TPSA) is 49.3 Å². The zero-order valence-corrected chi connectivity index (χ0v) is 28.1. The Kier molecular flexibility index (Phi) is 5.06. The van der Waals surface area contributed by atoms with Crippen LogP contribution in [0.3, 0.4) is 0 Å². The first-order valence-electron chi connectivity index (χ1n) is 17.9. The van der Waals surface area contributed by atoms with Crippen molar-refractivity contribution in [3.63, 3.8) is 0 Å². The SMILES string of the molecule is c1ccc2c(c1)oc1ccc(-n3c4ccccc4c4ccc5c6ccc7c8ccccc8n(-c8ccc9oc%10ccccc%10c9c8)c7c6oc5c43)cc12. The number of benzene rings is 8. The summed E-state index contributed by atoms with van der Waals surface area (Å²) in [5, 5.41) is 11.2. The number of hydrogen-bond acceptors (Lipinski definition) is 3. The van der Waals surface area contributed by atoms with E-state index in [1.807, 2.05) is 24.3 Å². The van der Waals surface area contributed by atoms with Gasteiger partial charge in [0.05, 0.1) is 22.1 Å². The average Bonchev–Trinajstić information content (AvgIpc) is 4.01.